The smallest absolute Gasteiger partial charge is 0.410 e. The zero-order valence-corrected chi connectivity index (χ0v) is 13.4. The molecule has 1 aromatic heterocycles. The Labute approximate surface area is 130 Å². The first-order chi connectivity index (χ1) is 9.83. The fraction of sp³-hybridized carbons (Fsp3) is 0.643. The van der Waals surface area contributed by atoms with E-state index < -0.39 is 5.60 Å². The molecule has 1 amide bonds. The maximum Gasteiger partial charge on any atom is 0.410 e. The predicted octanol–water partition coefficient (Wildman–Crippen LogP) is 2.18. The van der Waals surface area contributed by atoms with E-state index in [0.717, 1.165) is 18.8 Å². The molecule has 0 spiro atoms. The first kappa shape index (κ1) is 16.0. The van der Waals surface area contributed by atoms with Gasteiger partial charge in [0.1, 0.15) is 5.60 Å². The van der Waals surface area contributed by atoms with Crippen molar-refractivity contribution in [2.75, 3.05) is 26.2 Å². The van der Waals surface area contributed by atoms with Crippen molar-refractivity contribution in [1.82, 2.24) is 20.0 Å². The Hall–Kier alpha value is -1.40. The van der Waals surface area contributed by atoms with Gasteiger partial charge in [-0.2, -0.15) is 5.10 Å². The summed E-state index contributed by atoms with van der Waals surface area (Å²) in [5, 5.41) is 8.28. The number of rotatable bonds is 2. The van der Waals surface area contributed by atoms with Crippen LogP contribution in [0.25, 0.3) is 0 Å². The summed E-state index contributed by atoms with van der Waals surface area (Å²) < 4.78 is 5.38. The van der Waals surface area contributed by atoms with Gasteiger partial charge in [-0.1, -0.05) is 11.6 Å². The normalized spacial score (nSPS) is 16.9. The molecule has 0 unspecified atom stereocenters. The van der Waals surface area contributed by atoms with Crippen LogP contribution in [0.4, 0.5) is 4.79 Å². The average molecular weight is 313 g/mol. The molecule has 1 saturated heterocycles. The van der Waals surface area contributed by atoms with Crippen LogP contribution in [0.5, 0.6) is 0 Å². The summed E-state index contributed by atoms with van der Waals surface area (Å²) in [7, 11) is 0. The quantitative estimate of drug-likeness (QED) is 0.837. The molecule has 0 saturated carbocycles. The van der Waals surface area contributed by atoms with Crippen LogP contribution in [0, 0.1) is 0 Å². The Bertz CT molecular complexity index is 479. The molecule has 2 heterocycles. The van der Waals surface area contributed by atoms with Crippen LogP contribution in [0.3, 0.4) is 0 Å². The number of piperazine rings is 1. The minimum atomic E-state index is -0.451. The van der Waals surface area contributed by atoms with Gasteiger partial charge in [-0.25, -0.2) is 4.79 Å². The van der Waals surface area contributed by atoms with Crippen molar-refractivity contribution in [3.63, 3.8) is 0 Å². The molecule has 6 nitrogen and oxygen atoms in total. The van der Waals surface area contributed by atoms with Gasteiger partial charge in [0, 0.05) is 32.7 Å². The molecule has 2 rings (SSSR count). The average Bonchev–Trinajstić information content (AvgIpc) is 2.40. The summed E-state index contributed by atoms with van der Waals surface area (Å²) >= 11 is 5.72. The molecule has 0 aromatic carbocycles. The maximum atomic E-state index is 12.0. The molecule has 0 atom stereocenters. The van der Waals surface area contributed by atoms with Gasteiger partial charge in [0.25, 0.3) is 0 Å². The molecule has 1 aliphatic rings. The van der Waals surface area contributed by atoms with Crippen LogP contribution in [-0.4, -0.2) is 57.9 Å². The maximum absolute atomic E-state index is 12.0. The zero-order chi connectivity index (χ0) is 15.5. The first-order valence-electron chi connectivity index (χ1n) is 7.02. The molecule has 0 aliphatic carbocycles. The summed E-state index contributed by atoms with van der Waals surface area (Å²) in [6.07, 6.45) is -0.242. The minimum absolute atomic E-state index is 0.242. The lowest BCUT2D eigenvalue weighted by Gasteiger charge is -2.35. The second-order valence-electron chi connectivity index (χ2n) is 6.09. The number of aromatic nitrogens is 2. The monoisotopic (exact) mass is 312 g/mol. The second-order valence-corrected chi connectivity index (χ2v) is 6.48. The van der Waals surface area contributed by atoms with Crippen LogP contribution in [0.2, 0.25) is 5.15 Å². The number of hydrogen-bond donors (Lipinski definition) is 0. The zero-order valence-electron chi connectivity index (χ0n) is 12.7. The summed E-state index contributed by atoms with van der Waals surface area (Å²) in [5.74, 6) is 0. The van der Waals surface area contributed by atoms with E-state index in [1.54, 1.807) is 11.0 Å². The lowest BCUT2D eigenvalue weighted by Crippen LogP contribution is -2.49. The van der Waals surface area contributed by atoms with Crippen molar-refractivity contribution in [3.05, 3.63) is 23.0 Å². The van der Waals surface area contributed by atoms with Crippen LogP contribution in [-0.2, 0) is 11.3 Å². The molecular weight excluding hydrogens is 292 g/mol. The standard InChI is InChI=1S/C14H21ClN4O2/c1-14(2,3)21-13(20)19-8-6-18(7-9-19)10-11-4-5-12(15)17-16-11/h4-5H,6-10H2,1-3H3. The van der Waals surface area contributed by atoms with E-state index in [9.17, 15) is 4.79 Å². The lowest BCUT2D eigenvalue weighted by atomic mass is 10.2. The number of amides is 1. The van der Waals surface area contributed by atoms with Gasteiger partial charge in [0.15, 0.2) is 5.15 Å². The predicted molar refractivity (Wildman–Crippen MR) is 80.1 cm³/mol. The Morgan fingerprint density at radius 2 is 1.90 bits per heavy atom. The van der Waals surface area contributed by atoms with E-state index in [4.69, 9.17) is 16.3 Å². The highest BCUT2D eigenvalue weighted by atomic mass is 35.5. The number of carbonyl (C=O) groups is 1. The summed E-state index contributed by atoms with van der Waals surface area (Å²) in [6, 6.07) is 3.61. The van der Waals surface area contributed by atoms with Gasteiger partial charge in [-0.05, 0) is 32.9 Å². The van der Waals surface area contributed by atoms with Gasteiger partial charge in [0.2, 0.25) is 0 Å². The minimum Gasteiger partial charge on any atom is -0.444 e. The van der Waals surface area contributed by atoms with Crippen LogP contribution in [0.1, 0.15) is 26.5 Å². The van der Waals surface area contributed by atoms with Gasteiger partial charge < -0.3 is 9.64 Å². The number of halogens is 1. The van der Waals surface area contributed by atoms with Gasteiger partial charge >= 0.3 is 6.09 Å². The molecular formula is C14H21ClN4O2. The molecule has 0 N–H and O–H groups in total. The molecule has 0 bridgehead atoms. The summed E-state index contributed by atoms with van der Waals surface area (Å²) in [6.45, 7) is 9.26. The van der Waals surface area contributed by atoms with Crippen molar-refractivity contribution in [1.29, 1.82) is 0 Å². The molecule has 1 aromatic rings. The Kier molecular flexibility index (Phi) is 5.00. The topological polar surface area (TPSA) is 58.6 Å². The Morgan fingerprint density at radius 3 is 2.43 bits per heavy atom. The van der Waals surface area contributed by atoms with Crippen LogP contribution >= 0.6 is 11.6 Å². The van der Waals surface area contributed by atoms with Crippen molar-refractivity contribution >= 4 is 17.7 Å². The van der Waals surface area contributed by atoms with Gasteiger partial charge in [-0.15, -0.1) is 5.10 Å². The first-order valence-corrected chi connectivity index (χ1v) is 7.40. The van der Waals surface area contributed by atoms with Gasteiger partial charge in [-0.3, -0.25) is 4.90 Å². The third-order valence-electron chi connectivity index (χ3n) is 3.10. The van der Waals surface area contributed by atoms with Gasteiger partial charge in [0.05, 0.1) is 5.69 Å². The number of hydrogen-bond acceptors (Lipinski definition) is 5. The molecule has 0 radical (unpaired) electrons. The fourth-order valence-electron chi connectivity index (χ4n) is 2.07. The fourth-order valence-corrected chi connectivity index (χ4v) is 2.17. The van der Waals surface area contributed by atoms with Crippen molar-refractivity contribution < 1.29 is 9.53 Å². The van der Waals surface area contributed by atoms with E-state index in [2.05, 4.69) is 15.1 Å². The van der Waals surface area contributed by atoms with Crippen LogP contribution in [0.15, 0.2) is 12.1 Å². The van der Waals surface area contributed by atoms with E-state index >= 15 is 0 Å². The van der Waals surface area contributed by atoms with Crippen molar-refractivity contribution in [3.8, 4) is 0 Å². The van der Waals surface area contributed by atoms with E-state index in [1.165, 1.54) is 0 Å². The number of carbonyl (C=O) groups excluding carboxylic acids is 1. The van der Waals surface area contributed by atoms with Crippen LogP contribution < -0.4 is 0 Å². The summed E-state index contributed by atoms with van der Waals surface area (Å²) in [5.41, 5.74) is 0.428. The summed E-state index contributed by atoms with van der Waals surface area (Å²) in [4.78, 5) is 15.9. The molecule has 116 valence electrons. The van der Waals surface area contributed by atoms with E-state index in [-0.39, 0.29) is 6.09 Å². The van der Waals surface area contributed by atoms with E-state index in [0.29, 0.717) is 24.8 Å². The largest absolute Gasteiger partial charge is 0.444 e. The molecule has 7 heteroatoms. The van der Waals surface area contributed by atoms with E-state index in [1.807, 2.05) is 26.8 Å². The SMILES string of the molecule is CC(C)(C)OC(=O)N1CCN(Cc2ccc(Cl)nn2)CC1. The van der Waals surface area contributed by atoms with Crippen molar-refractivity contribution in [2.24, 2.45) is 0 Å². The molecule has 1 fully saturated rings. The van der Waals surface area contributed by atoms with Crippen molar-refractivity contribution in [2.45, 2.75) is 32.9 Å². The highest BCUT2D eigenvalue weighted by Gasteiger charge is 2.25. The number of nitrogens with zero attached hydrogens (tertiary/aromatic N) is 4. The molecule has 1 aliphatic heterocycles. The second kappa shape index (κ2) is 6.58. The lowest BCUT2D eigenvalue weighted by molar-refractivity contribution is 0.0138. The molecule has 21 heavy (non-hydrogen) atoms. The number of ether oxygens (including phenoxy) is 1. The third kappa shape index (κ3) is 5.13. The highest BCUT2D eigenvalue weighted by molar-refractivity contribution is 6.29. The Morgan fingerprint density at radius 1 is 1.24 bits per heavy atom. The Balaban J connectivity index is 1.80. The highest BCUT2D eigenvalue weighted by Crippen LogP contribution is 2.13. The third-order valence-corrected chi connectivity index (χ3v) is 3.30.